The van der Waals surface area contributed by atoms with Gasteiger partial charge in [0.05, 0.1) is 23.8 Å². The molecule has 0 aliphatic heterocycles. The van der Waals surface area contributed by atoms with Crippen LogP contribution in [0.25, 0.3) is 0 Å². The molecule has 2 rings (SSSR count). The van der Waals surface area contributed by atoms with Gasteiger partial charge in [0.25, 0.3) is 0 Å². The standard InChI is InChI=1S/C15H25N3/c1-3-17-14-9-15(11-16-10-14)18-12(2)13-7-5-4-6-8-13/h9-13,17-18H,3-8H2,1-2H3. The molecule has 0 spiro atoms. The summed E-state index contributed by atoms with van der Waals surface area (Å²) >= 11 is 0. The Bertz CT molecular complexity index is 359. The van der Waals surface area contributed by atoms with Gasteiger partial charge < -0.3 is 10.6 Å². The van der Waals surface area contributed by atoms with Gasteiger partial charge in [-0.3, -0.25) is 4.98 Å². The molecule has 1 aliphatic carbocycles. The Morgan fingerprint density at radius 3 is 2.67 bits per heavy atom. The highest BCUT2D eigenvalue weighted by Crippen LogP contribution is 2.28. The average molecular weight is 247 g/mol. The van der Waals surface area contributed by atoms with E-state index in [9.17, 15) is 0 Å². The van der Waals surface area contributed by atoms with Gasteiger partial charge in [0.15, 0.2) is 0 Å². The monoisotopic (exact) mass is 247 g/mol. The molecule has 2 N–H and O–H groups in total. The minimum atomic E-state index is 0.545. The minimum Gasteiger partial charge on any atom is -0.384 e. The smallest absolute Gasteiger partial charge is 0.0549 e. The summed E-state index contributed by atoms with van der Waals surface area (Å²) in [5.74, 6) is 0.821. The van der Waals surface area contributed by atoms with Crippen LogP contribution in [0.2, 0.25) is 0 Å². The van der Waals surface area contributed by atoms with Crippen LogP contribution in [0.5, 0.6) is 0 Å². The van der Waals surface area contributed by atoms with Crippen LogP contribution in [-0.2, 0) is 0 Å². The van der Waals surface area contributed by atoms with E-state index in [4.69, 9.17) is 0 Å². The van der Waals surface area contributed by atoms with E-state index in [1.807, 2.05) is 12.4 Å². The molecule has 1 atom stereocenters. The second-order valence-corrected chi connectivity index (χ2v) is 5.32. The number of hydrogen-bond acceptors (Lipinski definition) is 3. The van der Waals surface area contributed by atoms with Gasteiger partial charge in [-0.05, 0) is 38.7 Å². The second kappa shape index (κ2) is 6.62. The zero-order valence-electron chi connectivity index (χ0n) is 11.6. The number of pyridine rings is 1. The van der Waals surface area contributed by atoms with Crippen molar-refractivity contribution in [3.63, 3.8) is 0 Å². The van der Waals surface area contributed by atoms with Crippen LogP contribution in [0.3, 0.4) is 0 Å². The number of anilines is 2. The average Bonchev–Trinajstić information content (AvgIpc) is 2.40. The maximum atomic E-state index is 4.28. The third kappa shape index (κ3) is 3.62. The van der Waals surface area contributed by atoms with Crippen LogP contribution >= 0.6 is 0 Å². The molecule has 1 aromatic rings. The Morgan fingerprint density at radius 1 is 1.22 bits per heavy atom. The van der Waals surface area contributed by atoms with Gasteiger partial charge in [-0.25, -0.2) is 0 Å². The quantitative estimate of drug-likeness (QED) is 0.828. The molecule has 0 radical (unpaired) electrons. The van der Waals surface area contributed by atoms with Crippen molar-refractivity contribution in [3.05, 3.63) is 18.5 Å². The molecule has 100 valence electrons. The van der Waals surface area contributed by atoms with Crippen molar-refractivity contribution < 1.29 is 0 Å². The minimum absolute atomic E-state index is 0.545. The fourth-order valence-corrected chi connectivity index (χ4v) is 2.83. The van der Waals surface area contributed by atoms with E-state index in [-0.39, 0.29) is 0 Å². The molecule has 18 heavy (non-hydrogen) atoms. The first-order chi connectivity index (χ1) is 8.79. The molecule has 1 saturated carbocycles. The highest BCUT2D eigenvalue weighted by Gasteiger charge is 2.19. The summed E-state index contributed by atoms with van der Waals surface area (Å²) in [5, 5.41) is 6.91. The summed E-state index contributed by atoms with van der Waals surface area (Å²) in [6.07, 6.45) is 10.7. The van der Waals surface area contributed by atoms with Crippen molar-refractivity contribution in [1.82, 2.24) is 4.98 Å². The number of rotatable bonds is 5. The van der Waals surface area contributed by atoms with Crippen LogP contribution < -0.4 is 10.6 Å². The van der Waals surface area contributed by atoms with Crippen LogP contribution in [0.15, 0.2) is 18.5 Å². The molecule has 0 amide bonds. The second-order valence-electron chi connectivity index (χ2n) is 5.32. The van der Waals surface area contributed by atoms with E-state index in [1.165, 1.54) is 32.1 Å². The SMILES string of the molecule is CCNc1cncc(NC(C)C2CCCCC2)c1. The summed E-state index contributed by atoms with van der Waals surface area (Å²) in [5.41, 5.74) is 2.23. The van der Waals surface area contributed by atoms with Crippen molar-refractivity contribution in [2.45, 2.75) is 52.0 Å². The number of aromatic nitrogens is 1. The van der Waals surface area contributed by atoms with E-state index in [0.29, 0.717) is 6.04 Å². The zero-order chi connectivity index (χ0) is 12.8. The van der Waals surface area contributed by atoms with Crippen molar-refractivity contribution in [3.8, 4) is 0 Å². The summed E-state index contributed by atoms with van der Waals surface area (Å²) in [7, 11) is 0. The summed E-state index contributed by atoms with van der Waals surface area (Å²) in [6, 6.07) is 2.69. The first-order valence-electron chi connectivity index (χ1n) is 7.25. The maximum absolute atomic E-state index is 4.28. The van der Waals surface area contributed by atoms with Gasteiger partial charge in [0.1, 0.15) is 0 Å². The Labute approximate surface area is 110 Å². The lowest BCUT2D eigenvalue weighted by molar-refractivity contribution is 0.328. The summed E-state index contributed by atoms with van der Waals surface area (Å²) in [6.45, 7) is 5.34. The van der Waals surface area contributed by atoms with Crippen LogP contribution in [-0.4, -0.2) is 17.6 Å². The molecular formula is C15H25N3. The first kappa shape index (κ1) is 13.2. The lowest BCUT2D eigenvalue weighted by Gasteiger charge is -2.29. The molecule has 3 nitrogen and oxygen atoms in total. The maximum Gasteiger partial charge on any atom is 0.0549 e. The van der Waals surface area contributed by atoms with Gasteiger partial charge in [-0.2, -0.15) is 0 Å². The predicted octanol–water partition coefficient (Wildman–Crippen LogP) is 3.89. The normalized spacial score (nSPS) is 18.3. The van der Waals surface area contributed by atoms with Crippen molar-refractivity contribution in [2.75, 3.05) is 17.2 Å². The molecule has 0 saturated heterocycles. The van der Waals surface area contributed by atoms with Gasteiger partial charge in [-0.15, -0.1) is 0 Å². The number of nitrogens with one attached hydrogen (secondary N) is 2. The Hall–Kier alpha value is -1.25. The first-order valence-corrected chi connectivity index (χ1v) is 7.25. The largest absolute Gasteiger partial charge is 0.384 e. The zero-order valence-corrected chi connectivity index (χ0v) is 11.6. The van der Waals surface area contributed by atoms with E-state index in [1.54, 1.807) is 0 Å². The molecular weight excluding hydrogens is 222 g/mol. The molecule has 0 bridgehead atoms. The van der Waals surface area contributed by atoms with E-state index in [0.717, 1.165) is 23.8 Å². The molecule has 3 heteroatoms. The van der Waals surface area contributed by atoms with E-state index < -0.39 is 0 Å². The Kier molecular flexibility index (Phi) is 4.85. The molecule has 1 unspecified atom stereocenters. The molecule has 1 fully saturated rings. The fraction of sp³-hybridized carbons (Fsp3) is 0.667. The predicted molar refractivity (Wildman–Crippen MR) is 78.1 cm³/mol. The highest BCUT2D eigenvalue weighted by atomic mass is 14.9. The lowest BCUT2D eigenvalue weighted by atomic mass is 9.84. The van der Waals surface area contributed by atoms with Crippen LogP contribution in [0.1, 0.15) is 46.0 Å². The van der Waals surface area contributed by atoms with Crippen LogP contribution in [0, 0.1) is 5.92 Å². The Morgan fingerprint density at radius 2 is 1.94 bits per heavy atom. The Balaban J connectivity index is 1.93. The van der Waals surface area contributed by atoms with Crippen LogP contribution in [0.4, 0.5) is 11.4 Å². The molecule has 0 aromatic carbocycles. The fourth-order valence-electron chi connectivity index (χ4n) is 2.83. The molecule has 1 aliphatic rings. The molecule has 1 aromatic heterocycles. The topological polar surface area (TPSA) is 37.0 Å². The third-order valence-electron chi connectivity index (χ3n) is 3.87. The van der Waals surface area contributed by atoms with Gasteiger partial charge in [-0.1, -0.05) is 19.3 Å². The van der Waals surface area contributed by atoms with Crippen molar-refractivity contribution in [1.29, 1.82) is 0 Å². The summed E-state index contributed by atoms with van der Waals surface area (Å²) < 4.78 is 0. The van der Waals surface area contributed by atoms with E-state index >= 15 is 0 Å². The van der Waals surface area contributed by atoms with Gasteiger partial charge in [0.2, 0.25) is 0 Å². The number of nitrogens with zero attached hydrogens (tertiary/aromatic N) is 1. The van der Waals surface area contributed by atoms with Gasteiger partial charge in [0, 0.05) is 12.6 Å². The highest BCUT2D eigenvalue weighted by molar-refractivity contribution is 5.54. The summed E-state index contributed by atoms with van der Waals surface area (Å²) in [4.78, 5) is 4.28. The number of hydrogen-bond donors (Lipinski definition) is 2. The third-order valence-corrected chi connectivity index (χ3v) is 3.87. The molecule has 1 heterocycles. The van der Waals surface area contributed by atoms with Crippen molar-refractivity contribution in [2.24, 2.45) is 5.92 Å². The van der Waals surface area contributed by atoms with E-state index in [2.05, 4.69) is 35.5 Å². The van der Waals surface area contributed by atoms with Crippen molar-refractivity contribution >= 4 is 11.4 Å². The lowest BCUT2D eigenvalue weighted by Crippen LogP contribution is -2.27. The van der Waals surface area contributed by atoms with Gasteiger partial charge >= 0.3 is 0 Å².